The average Bonchev–Trinajstić information content (AvgIpc) is 3.50. The summed E-state index contributed by atoms with van der Waals surface area (Å²) >= 11 is 1.28. The van der Waals surface area contributed by atoms with Gasteiger partial charge in [-0.05, 0) is 70.9 Å². The van der Waals surface area contributed by atoms with Crippen LogP contribution in [-0.4, -0.2) is 78.6 Å². The van der Waals surface area contributed by atoms with Crippen LogP contribution in [0.1, 0.15) is 43.5 Å². The largest absolute Gasteiger partial charge is 0.392 e. The van der Waals surface area contributed by atoms with E-state index in [2.05, 4.69) is 27.4 Å². The van der Waals surface area contributed by atoms with Gasteiger partial charge in [-0.1, -0.05) is 30.0 Å². The molecule has 2 fully saturated rings. The number of thioether (sulfide) groups is 1. The molecule has 5 N–H and O–H groups in total. The van der Waals surface area contributed by atoms with Crippen molar-refractivity contribution >= 4 is 35.2 Å². The zero-order chi connectivity index (χ0) is 26.1. The van der Waals surface area contributed by atoms with Gasteiger partial charge < -0.3 is 31.5 Å². The summed E-state index contributed by atoms with van der Waals surface area (Å²) in [7, 11) is 0. The number of nitrogens with zero attached hydrogens (tertiary/aromatic N) is 2. The van der Waals surface area contributed by atoms with E-state index in [1.54, 1.807) is 17.0 Å². The number of hydrogen-bond donors (Lipinski definition) is 4. The van der Waals surface area contributed by atoms with Gasteiger partial charge in [-0.2, -0.15) is 0 Å². The van der Waals surface area contributed by atoms with Crippen molar-refractivity contribution < 1.29 is 14.4 Å². The molecule has 0 spiro atoms. The lowest BCUT2D eigenvalue weighted by molar-refractivity contribution is -0.127. The SMILES string of the molecule is C=C(C)CNC(=O)/C(N)=C1\S[C@H](CNc2cccc(C(=O)NCCCN3CCCC3)c2)C(=O)N1CC. The van der Waals surface area contributed by atoms with Crippen molar-refractivity contribution in [1.29, 1.82) is 0 Å². The number of nitrogens with two attached hydrogens (primary N) is 1. The summed E-state index contributed by atoms with van der Waals surface area (Å²) in [6, 6.07) is 7.24. The maximum Gasteiger partial charge on any atom is 0.270 e. The van der Waals surface area contributed by atoms with Gasteiger partial charge in [0.05, 0.1) is 0 Å². The number of rotatable bonds is 12. The molecular weight excluding hydrogens is 476 g/mol. The third-order valence-electron chi connectivity index (χ3n) is 6.13. The van der Waals surface area contributed by atoms with E-state index in [9.17, 15) is 14.4 Å². The number of likely N-dealkylation sites (tertiary alicyclic amines) is 1. The van der Waals surface area contributed by atoms with E-state index in [1.807, 2.05) is 26.0 Å². The standard InChI is InChI=1S/C26H38N6O3S/c1-4-32-25(35)21(36-26(32)22(27)24(34)30-16-18(2)3)17-29-20-10-7-9-19(15-20)23(33)28-11-8-14-31-12-5-6-13-31/h7,9-10,15,21,29H,2,4-6,8,11-14,16-17,27H2,1,3H3,(H,28,33)(H,30,34)/b26-22+/t21-/m1/s1. The van der Waals surface area contributed by atoms with Crippen molar-refractivity contribution in [3.8, 4) is 0 Å². The minimum Gasteiger partial charge on any atom is -0.392 e. The Morgan fingerprint density at radius 1 is 1.22 bits per heavy atom. The molecule has 2 aliphatic rings. The summed E-state index contributed by atoms with van der Waals surface area (Å²) < 4.78 is 0. The van der Waals surface area contributed by atoms with Gasteiger partial charge in [0.25, 0.3) is 11.8 Å². The normalized spacial score (nSPS) is 19.3. The van der Waals surface area contributed by atoms with Crippen LogP contribution in [0.2, 0.25) is 0 Å². The third-order valence-corrected chi connectivity index (χ3v) is 7.45. The van der Waals surface area contributed by atoms with E-state index in [1.165, 1.54) is 24.6 Å². The highest BCUT2D eigenvalue weighted by Gasteiger charge is 2.38. The molecule has 2 aliphatic heterocycles. The molecule has 1 aromatic rings. The van der Waals surface area contributed by atoms with Crippen LogP contribution in [0.25, 0.3) is 0 Å². The molecule has 1 atom stereocenters. The minimum atomic E-state index is -0.435. The molecule has 36 heavy (non-hydrogen) atoms. The molecule has 2 heterocycles. The second-order valence-electron chi connectivity index (χ2n) is 9.17. The number of benzene rings is 1. The molecule has 0 radical (unpaired) electrons. The molecule has 1 aromatic carbocycles. The smallest absolute Gasteiger partial charge is 0.270 e. The molecule has 10 heteroatoms. The molecule has 0 bridgehead atoms. The first-order valence-electron chi connectivity index (χ1n) is 12.5. The van der Waals surface area contributed by atoms with Crippen molar-refractivity contribution in [3.63, 3.8) is 0 Å². The molecular formula is C26H38N6O3S. The number of hydrogen-bond acceptors (Lipinski definition) is 7. The van der Waals surface area contributed by atoms with Crippen LogP contribution < -0.4 is 21.7 Å². The predicted octanol–water partition coefficient (Wildman–Crippen LogP) is 2.10. The summed E-state index contributed by atoms with van der Waals surface area (Å²) in [6.45, 7) is 12.5. The van der Waals surface area contributed by atoms with E-state index in [4.69, 9.17) is 5.73 Å². The molecule has 0 aliphatic carbocycles. The first-order valence-corrected chi connectivity index (χ1v) is 13.4. The van der Waals surface area contributed by atoms with E-state index in [0.717, 1.165) is 37.3 Å². The first kappa shape index (κ1) is 27.6. The molecule has 0 saturated carbocycles. The Kier molecular flexibility index (Phi) is 10.2. The Labute approximate surface area is 217 Å². The van der Waals surface area contributed by atoms with Crippen molar-refractivity contribution in [2.24, 2.45) is 5.73 Å². The number of carbonyl (C=O) groups excluding carboxylic acids is 3. The molecule has 196 valence electrons. The van der Waals surface area contributed by atoms with Crippen LogP contribution in [0.5, 0.6) is 0 Å². The van der Waals surface area contributed by atoms with Crippen LogP contribution in [0.15, 0.2) is 47.1 Å². The van der Waals surface area contributed by atoms with Gasteiger partial charge in [-0.25, -0.2) is 0 Å². The second kappa shape index (κ2) is 13.4. The molecule has 9 nitrogen and oxygen atoms in total. The highest BCUT2D eigenvalue weighted by molar-refractivity contribution is 8.04. The van der Waals surface area contributed by atoms with Gasteiger partial charge in [0.1, 0.15) is 16.0 Å². The highest BCUT2D eigenvalue weighted by Crippen LogP contribution is 2.36. The lowest BCUT2D eigenvalue weighted by Crippen LogP contribution is -2.35. The molecule has 3 amide bonds. The van der Waals surface area contributed by atoms with Crippen LogP contribution in [-0.2, 0) is 9.59 Å². The lowest BCUT2D eigenvalue weighted by Gasteiger charge is -2.16. The van der Waals surface area contributed by atoms with Gasteiger partial charge in [0, 0.05) is 37.4 Å². The number of nitrogens with one attached hydrogen (secondary N) is 3. The molecule has 2 saturated heterocycles. The maximum absolute atomic E-state index is 12.9. The fourth-order valence-corrected chi connectivity index (χ4v) is 5.41. The summed E-state index contributed by atoms with van der Waals surface area (Å²) in [5.41, 5.74) is 8.26. The highest BCUT2D eigenvalue weighted by atomic mass is 32.2. The fraction of sp³-hybridized carbons (Fsp3) is 0.500. The Bertz CT molecular complexity index is 1010. The van der Waals surface area contributed by atoms with Crippen LogP contribution in [0, 0.1) is 0 Å². The van der Waals surface area contributed by atoms with E-state index >= 15 is 0 Å². The Hall–Kier alpha value is -2.98. The minimum absolute atomic E-state index is 0.0300. The average molecular weight is 515 g/mol. The van der Waals surface area contributed by atoms with E-state index < -0.39 is 11.2 Å². The van der Waals surface area contributed by atoms with Crippen molar-refractivity contribution in [2.75, 3.05) is 51.1 Å². The summed E-state index contributed by atoms with van der Waals surface area (Å²) in [5, 5.41) is 9.00. The van der Waals surface area contributed by atoms with Crippen molar-refractivity contribution in [1.82, 2.24) is 20.4 Å². The Morgan fingerprint density at radius 2 is 1.97 bits per heavy atom. The van der Waals surface area contributed by atoms with Gasteiger partial charge in [0.2, 0.25) is 5.91 Å². The second-order valence-corrected chi connectivity index (χ2v) is 10.4. The van der Waals surface area contributed by atoms with Crippen LogP contribution in [0.3, 0.4) is 0 Å². The molecule has 3 rings (SSSR count). The zero-order valence-corrected chi connectivity index (χ0v) is 22.1. The Morgan fingerprint density at radius 3 is 2.67 bits per heavy atom. The third kappa shape index (κ3) is 7.51. The molecule has 0 unspecified atom stereocenters. The molecule has 0 aromatic heterocycles. The number of carbonyl (C=O) groups is 3. The van der Waals surface area contributed by atoms with Gasteiger partial charge in [0.15, 0.2) is 0 Å². The first-order chi connectivity index (χ1) is 17.3. The van der Waals surface area contributed by atoms with Crippen LogP contribution >= 0.6 is 11.8 Å². The van der Waals surface area contributed by atoms with Crippen LogP contribution in [0.4, 0.5) is 5.69 Å². The summed E-state index contributed by atoms with van der Waals surface area (Å²) in [6.07, 6.45) is 3.47. The topological polar surface area (TPSA) is 120 Å². The number of anilines is 1. The number of amides is 3. The fourth-order valence-electron chi connectivity index (χ4n) is 4.18. The maximum atomic E-state index is 12.9. The van der Waals surface area contributed by atoms with E-state index in [-0.39, 0.29) is 17.5 Å². The zero-order valence-electron chi connectivity index (χ0n) is 21.3. The Balaban J connectivity index is 1.53. The monoisotopic (exact) mass is 514 g/mol. The predicted molar refractivity (Wildman–Crippen MR) is 145 cm³/mol. The quantitative estimate of drug-likeness (QED) is 0.192. The lowest BCUT2D eigenvalue weighted by atomic mass is 10.2. The van der Waals surface area contributed by atoms with Gasteiger partial charge >= 0.3 is 0 Å². The van der Waals surface area contributed by atoms with Crippen molar-refractivity contribution in [2.45, 2.75) is 38.4 Å². The summed E-state index contributed by atoms with van der Waals surface area (Å²) in [5.74, 6) is -0.630. The van der Waals surface area contributed by atoms with Gasteiger partial charge in [-0.15, -0.1) is 0 Å². The van der Waals surface area contributed by atoms with E-state index in [0.29, 0.717) is 36.8 Å². The van der Waals surface area contributed by atoms with Crippen molar-refractivity contribution in [3.05, 3.63) is 52.7 Å². The van der Waals surface area contributed by atoms with Gasteiger partial charge in [-0.3, -0.25) is 14.4 Å². The summed E-state index contributed by atoms with van der Waals surface area (Å²) in [4.78, 5) is 41.9.